The molecule has 3 heteroatoms. The average Bonchev–Trinajstić information content (AvgIpc) is 2.76. The van der Waals surface area contributed by atoms with Crippen molar-refractivity contribution < 1.29 is 0 Å². The van der Waals surface area contributed by atoms with Gasteiger partial charge in [-0.25, -0.2) is 0 Å². The molecule has 2 rings (SSSR count). The molecule has 0 amide bonds. The van der Waals surface area contributed by atoms with E-state index in [1.54, 1.807) is 11.3 Å². The molecule has 0 aliphatic rings. The van der Waals surface area contributed by atoms with E-state index >= 15 is 0 Å². The molecule has 1 atom stereocenters. The van der Waals surface area contributed by atoms with Gasteiger partial charge >= 0.3 is 0 Å². The Hall–Kier alpha value is -0.990. The van der Waals surface area contributed by atoms with Crippen LogP contribution in [0.1, 0.15) is 30.3 Å². The molecule has 1 aromatic carbocycles. The number of hydrogen-bond acceptors (Lipinski definition) is 2. The van der Waals surface area contributed by atoms with Gasteiger partial charge in [0.15, 0.2) is 0 Å². The van der Waals surface area contributed by atoms with E-state index in [0.717, 1.165) is 10.8 Å². The second kappa shape index (κ2) is 5.56. The molecule has 0 aliphatic heterocycles. The Balaban J connectivity index is 2.09. The zero-order valence-corrected chi connectivity index (χ0v) is 11.6. The lowest BCUT2D eigenvalue weighted by Crippen LogP contribution is -2.04. The molecule has 0 saturated heterocycles. The van der Waals surface area contributed by atoms with Gasteiger partial charge < -0.3 is 5.32 Å². The van der Waals surface area contributed by atoms with Crippen molar-refractivity contribution in [3.05, 3.63) is 51.2 Å². The molecule has 1 N–H and O–H groups in total. The molecule has 1 unspecified atom stereocenters. The van der Waals surface area contributed by atoms with Crippen molar-refractivity contribution in [1.29, 1.82) is 0 Å². The average molecular weight is 266 g/mol. The van der Waals surface area contributed by atoms with E-state index in [2.05, 4.69) is 49.5 Å². The molecule has 0 aliphatic carbocycles. The maximum Gasteiger partial charge on any atom is 0.0932 e. The van der Waals surface area contributed by atoms with E-state index in [4.69, 9.17) is 11.6 Å². The third-order valence-electron chi connectivity index (χ3n) is 2.74. The van der Waals surface area contributed by atoms with Crippen molar-refractivity contribution in [2.45, 2.75) is 26.3 Å². The van der Waals surface area contributed by atoms with Crippen LogP contribution in [0.5, 0.6) is 0 Å². The van der Waals surface area contributed by atoms with Gasteiger partial charge in [-0.2, -0.15) is 0 Å². The fourth-order valence-electron chi connectivity index (χ4n) is 1.76. The van der Waals surface area contributed by atoms with Gasteiger partial charge in [-0.3, -0.25) is 0 Å². The van der Waals surface area contributed by atoms with Crippen LogP contribution in [-0.2, 0) is 6.42 Å². The van der Waals surface area contributed by atoms with Crippen molar-refractivity contribution in [2.24, 2.45) is 0 Å². The van der Waals surface area contributed by atoms with E-state index < -0.39 is 0 Å². The second-order valence-corrected chi connectivity index (χ2v) is 5.81. The lowest BCUT2D eigenvalue weighted by Gasteiger charge is -2.14. The predicted molar refractivity (Wildman–Crippen MR) is 77.2 cm³/mol. The number of hydrogen-bond donors (Lipinski definition) is 1. The minimum atomic E-state index is 0.291. The van der Waals surface area contributed by atoms with Gasteiger partial charge in [0.2, 0.25) is 0 Å². The summed E-state index contributed by atoms with van der Waals surface area (Å²) >= 11 is 7.57. The zero-order chi connectivity index (χ0) is 12.3. The largest absolute Gasteiger partial charge is 0.378 e. The fraction of sp³-hybridized carbons (Fsp3) is 0.286. The second-order valence-electron chi connectivity index (χ2n) is 4.06. The highest BCUT2D eigenvalue weighted by atomic mass is 35.5. The van der Waals surface area contributed by atoms with Crippen molar-refractivity contribution in [2.75, 3.05) is 5.32 Å². The minimum absolute atomic E-state index is 0.291. The molecule has 0 radical (unpaired) electrons. The number of anilines is 1. The van der Waals surface area contributed by atoms with E-state index in [9.17, 15) is 0 Å². The van der Waals surface area contributed by atoms with Crippen molar-refractivity contribution in [1.82, 2.24) is 0 Å². The zero-order valence-electron chi connectivity index (χ0n) is 10.0. The van der Waals surface area contributed by atoms with Crippen LogP contribution >= 0.6 is 22.9 Å². The Kier molecular flexibility index (Phi) is 4.08. The third kappa shape index (κ3) is 3.24. The molecule has 1 heterocycles. The van der Waals surface area contributed by atoms with E-state index in [1.807, 2.05) is 6.07 Å². The van der Waals surface area contributed by atoms with Crippen LogP contribution in [0.2, 0.25) is 4.34 Å². The lowest BCUT2D eigenvalue weighted by atomic mass is 10.1. The summed E-state index contributed by atoms with van der Waals surface area (Å²) in [7, 11) is 0. The quantitative estimate of drug-likeness (QED) is 0.807. The number of benzene rings is 1. The number of aryl methyl sites for hydroxylation is 1. The maximum absolute atomic E-state index is 5.95. The Labute approximate surface area is 111 Å². The SMILES string of the molecule is CCc1cccc(NC(C)c2ccc(Cl)s2)c1. The number of rotatable bonds is 4. The summed E-state index contributed by atoms with van der Waals surface area (Å²) in [5.41, 5.74) is 2.52. The topological polar surface area (TPSA) is 12.0 Å². The first-order valence-electron chi connectivity index (χ1n) is 5.79. The first kappa shape index (κ1) is 12.5. The van der Waals surface area contributed by atoms with Gasteiger partial charge in [-0.15, -0.1) is 11.3 Å². The molecule has 90 valence electrons. The van der Waals surface area contributed by atoms with Gasteiger partial charge in [-0.1, -0.05) is 30.7 Å². The van der Waals surface area contributed by atoms with Gasteiger partial charge in [0, 0.05) is 10.6 Å². The van der Waals surface area contributed by atoms with Gasteiger partial charge in [0.05, 0.1) is 10.4 Å². The highest BCUT2D eigenvalue weighted by Crippen LogP contribution is 2.29. The van der Waals surface area contributed by atoms with Crippen LogP contribution < -0.4 is 5.32 Å². The smallest absolute Gasteiger partial charge is 0.0932 e. The van der Waals surface area contributed by atoms with Gasteiger partial charge in [-0.05, 0) is 43.2 Å². The maximum atomic E-state index is 5.95. The van der Waals surface area contributed by atoms with Crippen LogP contribution in [0, 0.1) is 0 Å². The standard InChI is InChI=1S/C14H16ClNS/c1-3-11-5-4-6-12(9-11)16-10(2)13-7-8-14(15)17-13/h4-10,16H,3H2,1-2H3. The molecule has 0 fully saturated rings. The van der Waals surface area contributed by atoms with E-state index in [1.165, 1.54) is 16.1 Å². The summed E-state index contributed by atoms with van der Waals surface area (Å²) in [6.07, 6.45) is 1.06. The van der Waals surface area contributed by atoms with Gasteiger partial charge in [0.1, 0.15) is 0 Å². The van der Waals surface area contributed by atoms with Crippen LogP contribution in [0.15, 0.2) is 36.4 Å². The van der Waals surface area contributed by atoms with Crippen LogP contribution in [0.3, 0.4) is 0 Å². The molecule has 2 aromatic rings. The summed E-state index contributed by atoms with van der Waals surface area (Å²) < 4.78 is 0.843. The normalized spacial score (nSPS) is 12.4. The lowest BCUT2D eigenvalue weighted by molar-refractivity contribution is 0.907. The molecule has 17 heavy (non-hydrogen) atoms. The fourth-order valence-corrected chi connectivity index (χ4v) is 2.83. The highest BCUT2D eigenvalue weighted by molar-refractivity contribution is 7.16. The molecule has 0 spiro atoms. The van der Waals surface area contributed by atoms with E-state index in [-0.39, 0.29) is 0 Å². The van der Waals surface area contributed by atoms with Crippen molar-refractivity contribution in [3.63, 3.8) is 0 Å². The van der Waals surface area contributed by atoms with Crippen molar-refractivity contribution >= 4 is 28.6 Å². The molecule has 0 saturated carbocycles. The molecule has 0 bridgehead atoms. The third-order valence-corrected chi connectivity index (χ3v) is 4.15. The highest BCUT2D eigenvalue weighted by Gasteiger charge is 2.07. The summed E-state index contributed by atoms with van der Waals surface area (Å²) in [5, 5.41) is 3.50. The number of nitrogens with one attached hydrogen (secondary N) is 1. The number of halogens is 1. The Morgan fingerprint density at radius 3 is 2.76 bits per heavy atom. The molecular formula is C14H16ClNS. The predicted octanol–water partition coefficient (Wildman–Crippen LogP) is 5.14. The van der Waals surface area contributed by atoms with Crippen molar-refractivity contribution in [3.8, 4) is 0 Å². The summed E-state index contributed by atoms with van der Waals surface area (Å²) in [6.45, 7) is 4.32. The Morgan fingerprint density at radius 1 is 1.29 bits per heavy atom. The first-order chi connectivity index (χ1) is 8.19. The monoisotopic (exact) mass is 265 g/mol. The molecular weight excluding hydrogens is 250 g/mol. The number of thiophene rings is 1. The Bertz CT molecular complexity index is 492. The summed E-state index contributed by atoms with van der Waals surface area (Å²) in [6, 6.07) is 12.9. The minimum Gasteiger partial charge on any atom is -0.378 e. The van der Waals surface area contributed by atoms with Gasteiger partial charge in [0.25, 0.3) is 0 Å². The first-order valence-corrected chi connectivity index (χ1v) is 6.99. The summed E-state index contributed by atoms with van der Waals surface area (Å²) in [5.74, 6) is 0. The Morgan fingerprint density at radius 2 is 2.12 bits per heavy atom. The van der Waals surface area contributed by atoms with Crippen LogP contribution in [0.4, 0.5) is 5.69 Å². The van der Waals surface area contributed by atoms with E-state index in [0.29, 0.717) is 6.04 Å². The van der Waals surface area contributed by atoms with Crippen LogP contribution in [0.25, 0.3) is 0 Å². The van der Waals surface area contributed by atoms with Crippen LogP contribution in [-0.4, -0.2) is 0 Å². The molecule has 1 nitrogen and oxygen atoms in total. The summed E-state index contributed by atoms with van der Waals surface area (Å²) in [4.78, 5) is 1.26. The molecule has 1 aromatic heterocycles.